The second-order valence-electron chi connectivity index (χ2n) is 7.28. The first-order valence-corrected chi connectivity index (χ1v) is 22.6. The average molecular weight is 793 g/mol. The van der Waals surface area contributed by atoms with E-state index in [1.54, 1.807) is 70.6 Å². The Hall–Kier alpha value is 0.120. The van der Waals surface area contributed by atoms with Crippen LogP contribution in [0.3, 0.4) is 0 Å². The molecule has 0 saturated heterocycles. The van der Waals surface area contributed by atoms with Gasteiger partial charge in [0, 0.05) is 62.9 Å². The van der Waals surface area contributed by atoms with Gasteiger partial charge in [-0.25, -0.2) is 9.59 Å². The molecule has 14 nitrogen and oxygen atoms in total. The quantitative estimate of drug-likeness (QED) is 0.0184. The van der Waals surface area contributed by atoms with Gasteiger partial charge in [-0.1, -0.05) is 11.8 Å². The summed E-state index contributed by atoms with van der Waals surface area (Å²) >= 11 is 12.7. The van der Waals surface area contributed by atoms with Gasteiger partial charge in [-0.2, -0.15) is 9.78 Å². The van der Waals surface area contributed by atoms with Gasteiger partial charge in [0.2, 0.25) is 12.8 Å². The van der Waals surface area contributed by atoms with Gasteiger partial charge in [-0.3, -0.25) is 9.98 Å². The van der Waals surface area contributed by atoms with E-state index in [0.717, 1.165) is 61.5 Å². The molecule has 0 aliphatic heterocycles. The van der Waals surface area contributed by atoms with Gasteiger partial charge in [0.05, 0.1) is 25.0 Å². The fraction of sp³-hybridized carbons (Fsp3) is 0.826. The molecule has 0 aliphatic carbocycles. The number of alkyl carbamates (subject to hydrolysis) is 2. The van der Waals surface area contributed by atoms with E-state index in [1.165, 1.54) is 24.6 Å². The summed E-state index contributed by atoms with van der Waals surface area (Å²) < 4.78 is 10.0. The van der Waals surface area contributed by atoms with Crippen LogP contribution in [0.15, 0.2) is 9.98 Å². The van der Waals surface area contributed by atoms with Crippen molar-refractivity contribution in [2.75, 3.05) is 113 Å². The molecule has 2 amide bonds. The van der Waals surface area contributed by atoms with E-state index in [0.29, 0.717) is 39.4 Å². The molecule has 0 atom stereocenters. The third kappa shape index (κ3) is 40.2. The maximum Gasteiger partial charge on any atom is 0.408 e. The Morgan fingerprint density at radius 1 is 0.578 bits per heavy atom. The summed E-state index contributed by atoms with van der Waals surface area (Å²) in [6.45, 7) is 3.15. The predicted molar refractivity (Wildman–Crippen MR) is 198 cm³/mol. The second kappa shape index (κ2) is 40.3. The number of carbonyl (C=O) groups excluding carboxylic acids is 2. The lowest BCUT2D eigenvalue weighted by molar-refractivity contribution is -0.210. The van der Waals surface area contributed by atoms with E-state index in [4.69, 9.17) is 39.2 Å². The number of amides is 2. The van der Waals surface area contributed by atoms with Crippen molar-refractivity contribution >= 4 is 119 Å². The standard InChI is InChI=1S/C23H44N4O10S8/c28-15-44-17-33-23(31)27-4-10-41-20-38-7-1-24-13-35-34-6-12-43-21-42-11-5-32-22(30)26-3-9-40-19-39-8-2-25-14-36-37-18-45-16-29/h13-14,28-29H,1-12,15-21H2,(H,26,30)(H,27,31)/b24-13+,25-14+. The summed E-state index contributed by atoms with van der Waals surface area (Å²) in [7, 11) is 0. The summed E-state index contributed by atoms with van der Waals surface area (Å²) in [5.41, 5.74) is 0. The molecule has 0 saturated carbocycles. The summed E-state index contributed by atoms with van der Waals surface area (Å²) in [6, 6.07) is 0. The van der Waals surface area contributed by atoms with Crippen LogP contribution in [-0.2, 0) is 29.0 Å². The minimum Gasteiger partial charge on any atom is -0.449 e. The smallest absolute Gasteiger partial charge is 0.408 e. The fourth-order valence-corrected chi connectivity index (χ4v) is 8.16. The number of aliphatic imine (C=N–C) groups is 2. The van der Waals surface area contributed by atoms with Crippen LogP contribution in [0.25, 0.3) is 0 Å². The zero-order valence-corrected chi connectivity index (χ0v) is 31.4. The monoisotopic (exact) mass is 792 g/mol. The van der Waals surface area contributed by atoms with Crippen molar-refractivity contribution in [2.24, 2.45) is 9.98 Å². The number of hydrogen-bond donors (Lipinski definition) is 4. The summed E-state index contributed by atoms with van der Waals surface area (Å²) in [4.78, 5) is 50.6. The summed E-state index contributed by atoms with van der Waals surface area (Å²) in [5.74, 6) is 5.13. The molecule has 0 spiro atoms. The maximum absolute atomic E-state index is 11.7. The molecule has 4 N–H and O–H groups in total. The minimum absolute atomic E-state index is 0.0143. The number of ether oxygens (including phenoxy) is 2. The Morgan fingerprint density at radius 3 is 1.67 bits per heavy atom. The van der Waals surface area contributed by atoms with Crippen LogP contribution >= 0.6 is 94.1 Å². The van der Waals surface area contributed by atoms with Crippen LogP contribution in [0.2, 0.25) is 0 Å². The number of aliphatic hydroxyl groups is 2. The van der Waals surface area contributed by atoms with Gasteiger partial charge in [0.15, 0.2) is 0 Å². The minimum atomic E-state index is -0.472. The highest BCUT2D eigenvalue weighted by molar-refractivity contribution is 8.16. The van der Waals surface area contributed by atoms with E-state index in [1.807, 2.05) is 0 Å². The number of nitrogens with one attached hydrogen (secondary N) is 2. The van der Waals surface area contributed by atoms with Gasteiger partial charge in [0.25, 0.3) is 0 Å². The number of carbonyl (C=O) groups is 2. The van der Waals surface area contributed by atoms with E-state index in [9.17, 15) is 9.59 Å². The molecule has 0 unspecified atom stereocenters. The normalized spacial score (nSPS) is 11.2. The fourth-order valence-electron chi connectivity index (χ4n) is 2.11. The Labute approximate surface area is 299 Å². The lowest BCUT2D eigenvalue weighted by Gasteiger charge is -2.07. The SMILES string of the molecule is O=C(NCCSCSCC/N=C/OOCSCO)OCCSCSCCOO/C=N/CCSCSCCNC(=O)OCSCO. The van der Waals surface area contributed by atoms with Gasteiger partial charge in [-0.05, 0) is 0 Å². The van der Waals surface area contributed by atoms with Gasteiger partial charge < -0.3 is 40.1 Å². The molecule has 0 aromatic carbocycles. The lowest BCUT2D eigenvalue weighted by atomic mass is 10.7. The summed E-state index contributed by atoms with van der Waals surface area (Å²) in [5, 5.41) is 25.2. The molecule has 0 radical (unpaired) electrons. The molecule has 0 rings (SSSR count). The zero-order valence-electron chi connectivity index (χ0n) is 24.9. The van der Waals surface area contributed by atoms with Crippen LogP contribution in [0, 0.1) is 0 Å². The number of thioether (sulfide) groups is 8. The number of nitrogens with zero attached hydrogens (tertiary/aromatic N) is 2. The largest absolute Gasteiger partial charge is 0.449 e. The van der Waals surface area contributed by atoms with E-state index in [-0.39, 0.29) is 23.8 Å². The number of hydrogen-bond acceptors (Lipinski definition) is 20. The summed E-state index contributed by atoms with van der Waals surface area (Å²) in [6.07, 6.45) is 1.70. The highest BCUT2D eigenvalue weighted by Gasteiger charge is 2.02. The van der Waals surface area contributed by atoms with Gasteiger partial charge >= 0.3 is 12.2 Å². The molecular weight excluding hydrogens is 749 g/mol. The molecule has 0 aromatic heterocycles. The van der Waals surface area contributed by atoms with E-state index in [2.05, 4.69) is 20.6 Å². The first-order valence-electron chi connectivity index (χ1n) is 13.4. The van der Waals surface area contributed by atoms with Crippen molar-refractivity contribution in [1.29, 1.82) is 0 Å². The highest BCUT2D eigenvalue weighted by atomic mass is 32.2. The Balaban J connectivity index is 3.25. The topological polar surface area (TPSA) is 179 Å². The van der Waals surface area contributed by atoms with Crippen molar-refractivity contribution in [3.8, 4) is 0 Å². The van der Waals surface area contributed by atoms with Crippen LogP contribution in [0.1, 0.15) is 0 Å². The molecule has 0 aromatic rings. The molecule has 0 aliphatic rings. The Bertz CT molecular complexity index is 727. The average Bonchev–Trinajstić information content (AvgIpc) is 3.04. The molecule has 0 heterocycles. The van der Waals surface area contributed by atoms with Crippen LogP contribution in [-0.4, -0.2) is 148 Å². The highest BCUT2D eigenvalue weighted by Crippen LogP contribution is 2.13. The van der Waals surface area contributed by atoms with Crippen molar-refractivity contribution < 1.29 is 48.8 Å². The molecule has 0 bridgehead atoms. The van der Waals surface area contributed by atoms with Crippen LogP contribution in [0.4, 0.5) is 9.59 Å². The van der Waals surface area contributed by atoms with Crippen LogP contribution < -0.4 is 10.6 Å². The maximum atomic E-state index is 11.7. The van der Waals surface area contributed by atoms with E-state index >= 15 is 0 Å². The number of aliphatic hydroxyl groups excluding tert-OH is 2. The molecule has 45 heavy (non-hydrogen) atoms. The van der Waals surface area contributed by atoms with Crippen molar-refractivity contribution in [2.45, 2.75) is 0 Å². The second-order valence-corrected chi connectivity index (χ2v) is 16.8. The van der Waals surface area contributed by atoms with Crippen LogP contribution in [0.5, 0.6) is 0 Å². The number of rotatable bonds is 34. The first-order chi connectivity index (χ1) is 22.2. The zero-order chi connectivity index (χ0) is 32.7. The molecule has 22 heteroatoms. The Kier molecular flexibility index (Phi) is 40.4. The molecule has 0 fully saturated rings. The van der Waals surface area contributed by atoms with Gasteiger partial charge in [0.1, 0.15) is 25.1 Å². The predicted octanol–water partition coefficient (Wildman–Crippen LogP) is 3.94. The van der Waals surface area contributed by atoms with Crippen molar-refractivity contribution in [3.63, 3.8) is 0 Å². The Morgan fingerprint density at radius 2 is 1.07 bits per heavy atom. The van der Waals surface area contributed by atoms with Crippen molar-refractivity contribution in [3.05, 3.63) is 0 Å². The molecular formula is C23H44N4O10S8. The van der Waals surface area contributed by atoms with Gasteiger partial charge in [-0.15, -0.1) is 82.3 Å². The van der Waals surface area contributed by atoms with E-state index < -0.39 is 12.2 Å². The lowest BCUT2D eigenvalue weighted by Crippen LogP contribution is -2.27. The van der Waals surface area contributed by atoms with Crippen molar-refractivity contribution in [1.82, 2.24) is 10.6 Å². The third-order valence-electron chi connectivity index (χ3n) is 3.99. The first kappa shape index (κ1) is 45.1. The third-order valence-corrected chi connectivity index (χ3v) is 11.7. The molecule has 264 valence electrons.